The van der Waals surface area contributed by atoms with Crippen molar-refractivity contribution in [2.75, 3.05) is 6.54 Å². The summed E-state index contributed by atoms with van der Waals surface area (Å²) in [5.41, 5.74) is 3.32. The molecule has 6 N–H and O–H groups in total. The maximum absolute atomic E-state index is 9.99. The van der Waals surface area contributed by atoms with E-state index in [2.05, 4.69) is 5.32 Å². The minimum absolute atomic E-state index is 0.129. The lowest BCUT2D eigenvalue weighted by Gasteiger charge is -2.21. The van der Waals surface area contributed by atoms with E-state index in [1.807, 2.05) is 31.2 Å². The Hall–Kier alpha value is -3.28. The van der Waals surface area contributed by atoms with Gasteiger partial charge in [-0.25, -0.2) is 0 Å². The van der Waals surface area contributed by atoms with Crippen LogP contribution in [0.15, 0.2) is 36.4 Å². The Bertz CT molecular complexity index is 854. The van der Waals surface area contributed by atoms with Crippen LogP contribution in [0.2, 0.25) is 0 Å². The van der Waals surface area contributed by atoms with Gasteiger partial charge >= 0.3 is 0 Å². The average Bonchev–Trinajstić information content (AvgIpc) is 2.60. The molecule has 0 aromatic heterocycles. The van der Waals surface area contributed by atoms with Gasteiger partial charge in [-0.2, -0.15) is 0 Å². The SMILES string of the molecule is Cc1ccccc1C1=CC=C(c2c(O)c(O)c(O)c(O)c2O)CN1. The van der Waals surface area contributed by atoms with Crippen LogP contribution < -0.4 is 5.32 Å². The molecule has 0 bridgehead atoms. The van der Waals surface area contributed by atoms with Gasteiger partial charge in [0.25, 0.3) is 0 Å². The van der Waals surface area contributed by atoms with E-state index in [0.717, 1.165) is 16.8 Å². The maximum Gasteiger partial charge on any atom is 0.208 e. The molecule has 0 fully saturated rings. The Morgan fingerprint density at radius 1 is 0.792 bits per heavy atom. The van der Waals surface area contributed by atoms with Crippen LogP contribution >= 0.6 is 0 Å². The summed E-state index contributed by atoms with van der Waals surface area (Å²) in [7, 11) is 0. The second-order valence-corrected chi connectivity index (χ2v) is 5.56. The van der Waals surface area contributed by atoms with Crippen molar-refractivity contribution in [3.63, 3.8) is 0 Å². The van der Waals surface area contributed by atoms with Crippen molar-refractivity contribution < 1.29 is 25.5 Å². The number of hydrogen-bond donors (Lipinski definition) is 6. The van der Waals surface area contributed by atoms with Gasteiger partial charge in [0.05, 0.1) is 5.56 Å². The first-order valence-electron chi connectivity index (χ1n) is 7.31. The molecule has 6 heteroatoms. The van der Waals surface area contributed by atoms with E-state index in [4.69, 9.17) is 0 Å². The van der Waals surface area contributed by atoms with E-state index in [0.29, 0.717) is 5.57 Å². The van der Waals surface area contributed by atoms with Crippen LogP contribution in [0.1, 0.15) is 16.7 Å². The number of aromatic hydroxyl groups is 5. The van der Waals surface area contributed by atoms with Crippen molar-refractivity contribution in [3.05, 3.63) is 53.1 Å². The average molecular weight is 327 g/mol. The standard InChI is InChI=1S/C18H17NO5/c1-9-4-2-3-5-11(9)12-7-6-10(8-19-12)13-14(20)16(22)18(24)17(23)15(13)21/h2-7,19-24H,8H2,1H3. The molecule has 0 aliphatic carbocycles. The lowest BCUT2D eigenvalue weighted by Crippen LogP contribution is -2.18. The quantitative estimate of drug-likeness (QED) is 0.373. The molecule has 1 aliphatic heterocycles. The first kappa shape index (κ1) is 15.6. The highest BCUT2D eigenvalue weighted by atomic mass is 16.4. The molecule has 1 aliphatic rings. The molecule has 124 valence electrons. The second kappa shape index (κ2) is 5.73. The fourth-order valence-electron chi connectivity index (χ4n) is 2.71. The fraction of sp³-hybridized carbons (Fsp3) is 0.111. The molecule has 0 unspecified atom stereocenters. The molecule has 0 spiro atoms. The third-order valence-electron chi connectivity index (χ3n) is 4.05. The molecule has 24 heavy (non-hydrogen) atoms. The van der Waals surface area contributed by atoms with Crippen molar-refractivity contribution in [1.29, 1.82) is 0 Å². The zero-order valence-electron chi connectivity index (χ0n) is 12.9. The molecule has 2 aromatic carbocycles. The Morgan fingerprint density at radius 3 is 1.92 bits per heavy atom. The number of phenols is 5. The largest absolute Gasteiger partial charge is 0.504 e. The number of phenolic OH excluding ortho intramolecular Hbond substituents is 5. The van der Waals surface area contributed by atoms with Gasteiger partial charge in [0.2, 0.25) is 17.2 Å². The van der Waals surface area contributed by atoms with Crippen LogP contribution in [0.3, 0.4) is 0 Å². The number of nitrogens with one attached hydrogen (secondary N) is 1. The Labute approximate surface area is 138 Å². The van der Waals surface area contributed by atoms with E-state index < -0.39 is 28.7 Å². The van der Waals surface area contributed by atoms with Crippen LogP contribution in [0.4, 0.5) is 0 Å². The smallest absolute Gasteiger partial charge is 0.208 e. The maximum atomic E-state index is 9.99. The summed E-state index contributed by atoms with van der Waals surface area (Å²) in [5, 5.41) is 51.9. The van der Waals surface area contributed by atoms with Crippen LogP contribution in [0.25, 0.3) is 11.3 Å². The van der Waals surface area contributed by atoms with Crippen molar-refractivity contribution in [2.45, 2.75) is 6.92 Å². The molecule has 0 amide bonds. The van der Waals surface area contributed by atoms with Gasteiger partial charge in [0, 0.05) is 17.8 Å². The van der Waals surface area contributed by atoms with Gasteiger partial charge in [0.1, 0.15) is 0 Å². The van der Waals surface area contributed by atoms with Crippen LogP contribution in [0, 0.1) is 6.92 Å². The summed E-state index contributed by atoms with van der Waals surface area (Å²) in [6.07, 6.45) is 3.45. The minimum atomic E-state index is -0.964. The molecule has 0 saturated heterocycles. The first-order chi connectivity index (χ1) is 11.4. The number of allylic oxidation sites excluding steroid dienone is 2. The van der Waals surface area contributed by atoms with Crippen LogP contribution in [-0.4, -0.2) is 32.1 Å². The van der Waals surface area contributed by atoms with Crippen molar-refractivity contribution >= 4 is 11.3 Å². The first-order valence-corrected chi connectivity index (χ1v) is 7.31. The summed E-state index contributed by atoms with van der Waals surface area (Å²) in [6, 6.07) is 7.84. The summed E-state index contributed by atoms with van der Waals surface area (Å²) in [5.74, 6) is -4.11. The van der Waals surface area contributed by atoms with Gasteiger partial charge < -0.3 is 30.8 Å². The molecule has 6 nitrogen and oxygen atoms in total. The lowest BCUT2D eigenvalue weighted by atomic mass is 9.97. The predicted molar refractivity (Wildman–Crippen MR) is 89.9 cm³/mol. The van der Waals surface area contributed by atoms with Crippen molar-refractivity contribution in [2.24, 2.45) is 0 Å². The topological polar surface area (TPSA) is 113 Å². The minimum Gasteiger partial charge on any atom is -0.504 e. The summed E-state index contributed by atoms with van der Waals surface area (Å²) >= 11 is 0. The van der Waals surface area contributed by atoms with E-state index in [9.17, 15) is 25.5 Å². The van der Waals surface area contributed by atoms with Gasteiger partial charge in [-0.15, -0.1) is 0 Å². The van der Waals surface area contributed by atoms with E-state index >= 15 is 0 Å². The van der Waals surface area contributed by atoms with Crippen molar-refractivity contribution in [1.82, 2.24) is 5.32 Å². The summed E-state index contributed by atoms with van der Waals surface area (Å²) < 4.78 is 0. The molecule has 1 heterocycles. The number of aryl methyl sites for hydroxylation is 1. The highest BCUT2D eigenvalue weighted by Gasteiger charge is 2.26. The van der Waals surface area contributed by atoms with Crippen LogP contribution in [0.5, 0.6) is 28.7 Å². The number of dihydropyridines is 1. The molecular formula is C18H17NO5. The highest BCUT2D eigenvalue weighted by molar-refractivity contribution is 5.87. The molecule has 2 aromatic rings. The van der Waals surface area contributed by atoms with E-state index in [-0.39, 0.29) is 12.1 Å². The summed E-state index contributed by atoms with van der Waals surface area (Å²) in [6.45, 7) is 2.25. The zero-order chi connectivity index (χ0) is 17.4. The Kier molecular flexibility index (Phi) is 3.73. The third-order valence-corrected chi connectivity index (χ3v) is 4.05. The summed E-state index contributed by atoms with van der Waals surface area (Å²) in [4.78, 5) is 0. The van der Waals surface area contributed by atoms with Gasteiger partial charge in [-0.1, -0.05) is 30.3 Å². The fourth-order valence-corrected chi connectivity index (χ4v) is 2.71. The monoisotopic (exact) mass is 327 g/mol. The lowest BCUT2D eigenvalue weighted by molar-refractivity contribution is 0.327. The Morgan fingerprint density at radius 2 is 1.38 bits per heavy atom. The molecular weight excluding hydrogens is 310 g/mol. The number of hydrogen-bond acceptors (Lipinski definition) is 6. The van der Waals surface area contributed by atoms with Crippen molar-refractivity contribution in [3.8, 4) is 28.7 Å². The molecule has 0 saturated carbocycles. The van der Waals surface area contributed by atoms with E-state index in [1.165, 1.54) is 0 Å². The zero-order valence-corrected chi connectivity index (χ0v) is 12.9. The number of rotatable bonds is 2. The number of benzene rings is 2. The molecule has 0 radical (unpaired) electrons. The third kappa shape index (κ3) is 2.38. The predicted octanol–water partition coefficient (Wildman–Crippen LogP) is 2.55. The van der Waals surface area contributed by atoms with Gasteiger partial charge in [-0.3, -0.25) is 0 Å². The molecule has 3 rings (SSSR count). The normalized spacial score (nSPS) is 13.9. The van der Waals surface area contributed by atoms with Crippen LogP contribution in [-0.2, 0) is 0 Å². The van der Waals surface area contributed by atoms with Gasteiger partial charge in [-0.05, 0) is 24.1 Å². The van der Waals surface area contributed by atoms with Gasteiger partial charge in [0.15, 0.2) is 11.5 Å². The second-order valence-electron chi connectivity index (χ2n) is 5.56. The van der Waals surface area contributed by atoms with E-state index in [1.54, 1.807) is 12.2 Å². The molecule has 0 atom stereocenters. The Balaban J connectivity index is 2.07. The highest BCUT2D eigenvalue weighted by Crippen LogP contribution is 2.53.